The van der Waals surface area contributed by atoms with E-state index in [1.165, 1.54) is 0 Å². The first-order chi connectivity index (χ1) is 9.56. The third-order valence-electron chi connectivity index (χ3n) is 2.69. The van der Waals surface area contributed by atoms with Crippen LogP contribution in [0.3, 0.4) is 0 Å². The average molecular weight is 290 g/mol. The average Bonchev–Trinajstić information content (AvgIpc) is 2.41. The van der Waals surface area contributed by atoms with Crippen molar-refractivity contribution < 1.29 is 14.7 Å². The molecule has 0 aliphatic rings. The number of benzene rings is 2. The molecule has 0 aromatic heterocycles. The van der Waals surface area contributed by atoms with Crippen molar-refractivity contribution in [2.45, 2.75) is 6.42 Å². The van der Waals surface area contributed by atoms with Gasteiger partial charge in [0.2, 0.25) is 0 Å². The molecule has 0 unspecified atom stereocenters. The van der Waals surface area contributed by atoms with Crippen LogP contribution in [-0.4, -0.2) is 17.0 Å². The molecule has 0 fully saturated rings. The lowest BCUT2D eigenvalue weighted by Crippen LogP contribution is -2.12. The summed E-state index contributed by atoms with van der Waals surface area (Å²) < 4.78 is 0. The summed E-state index contributed by atoms with van der Waals surface area (Å²) >= 11 is 5.94. The monoisotopic (exact) mass is 289 g/mol. The van der Waals surface area contributed by atoms with Gasteiger partial charge in [0.05, 0.1) is 17.0 Å². The van der Waals surface area contributed by atoms with Crippen molar-refractivity contribution >= 4 is 29.2 Å². The fourth-order valence-electron chi connectivity index (χ4n) is 1.72. The summed E-state index contributed by atoms with van der Waals surface area (Å²) in [5.41, 5.74) is 1.65. The zero-order valence-corrected chi connectivity index (χ0v) is 11.2. The molecule has 0 saturated carbocycles. The highest BCUT2D eigenvalue weighted by Gasteiger charge is 2.09. The molecule has 0 heterocycles. The van der Waals surface area contributed by atoms with Crippen LogP contribution in [0.5, 0.6) is 0 Å². The van der Waals surface area contributed by atoms with Gasteiger partial charge in [-0.2, -0.15) is 0 Å². The number of rotatable bonds is 4. The molecule has 0 aliphatic carbocycles. The summed E-state index contributed by atoms with van der Waals surface area (Å²) in [6.07, 6.45) is -0.0429. The van der Waals surface area contributed by atoms with Crippen molar-refractivity contribution in [3.63, 3.8) is 0 Å². The Morgan fingerprint density at radius 1 is 1.05 bits per heavy atom. The normalized spacial score (nSPS) is 10.1. The lowest BCUT2D eigenvalue weighted by molar-refractivity contribution is -0.136. The Balaban J connectivity index is 2.09. The Morgan fingerprint density at radius 2 is 1.70 bits per heavy atom. The van der Waals surface area contributed by atoms with Crippen LogP contribution in [0.25, 0.3) is 0 Å². The van der Waals surface area contributed by atoms with Crippen LogP contribution in [0.1, 0.15) is 15.9 Å². The predicted octanol–water partition coefficient (Wildman–Crippen LogP) is 3.22. The number of nitrogens with one attached hydrogen (secondary N) is 1. The van der Waals surface area contributed by atoms with E-state index in [1.54, 1.807) is 48.5 Å². The third kappa shape index (κ3) is 3.59. The van der Waals surface area contributed by atoms with Gasteiger partial charge in [-0.1, -0.05) is 35.9 Å². The summed E-state index contributed by atoms with van der Waals surface area (Å²) in [4.78, 5) is 22.6. The van der Waals surface area contributed by atoms with Gasteiger partial charge in [-0.05, 0) is 29.8 Å². The van der Waals surface area contributed by atoms with E-state index in [-0.39, 0.29) is 12.3 Å². The highest BCUT2D eigenvalue weighted by Crippen LogP contribution is 2.17. The van der Waals surface area contributed by atoms with Crippen LogP contribution in [0.4, 0.5) is 5.69 Å². The standard InChI is InChI=1S/C15H12ClNO3/c16-13-4-2-1-3-12(13)15(20)17-11-7-5-10(6-8-11)9-14(18)19/h1-8H,9H2,(H,17,20)(H,18,19). The highest BCUT2D eigenvalue weighted by molar-refractivity contribution is 6.34. The minimum absolute atomic E-state index is 0.0429. The molecule has 0 bridgehead atoms. The third-order valence-corrected chi connectivity index (χ3v) is 3.02. The van der Waals surface area contributed by atoms with Crippen molar-refractivity contribution in [2.24, 2.45) is 0 Å². The number of carboxylic acid groups (broad SMARTS) is 1. The molecule has 20 heavy (non-hydrogen) atoms. The number of hydrogen-bond donors (Lipinski definition) is 2. The Kier molecular flexibility index (Phi) is 4.38. The summed E-state index contributed by atoms with van der Waals surface area (Å²) in [5.74, 6) is -1.19. The molecule has 2 aromatic carbocycles. The second kappa shape index (κ2) is 6.21. The molecule has 0 atom stereocenters. The summed E-state index contributed by atoms with van der Waals surface area (Å²) in [5, 5.41) is 11.8. The van der Waals surface area contributed by atoms with Crippen LogP contribution in [0.15, 0.2) is 48.5 Å². The highest BCUT2D eigenvalue weighted by atomic mass is 35.5. The van der Waals surface area contributed by atoms with Gasteiger partial charge in [-0.25, -0.2) is 0 Å². The van der Waals surface area contributed by atoms with Crippen molar-refractivity contribution in [2.75, 3.05) is 5.32 Å². The van der Waals surface area contributed by atoms with Crippen LogP contribution < -0.4 is 5.32 Å². The molecule has 2 aromatic rings. The van der Waals surface area contributed by atoms with Gasteiger partial charge in [0.1, 0.15) is 0 Å². The molecule has 2 N–H and O–H groups in total. The largest absolute Gasteiger partial charge is 0.481 e. The van der Waals surface area contributed by atoms with Crippen LogP contribution in [0.2, 0.25) is 5.02 Å². The SMILES string of the molecule is O=C(O)Cc1ccc(NC(=O)c2ccccc2Cl)cc1. The molecular weight excluding hydrogens is 278 g/mol. The van der Waals surface area contributed by atoms with E-state index in [9.17, 15) is 9.59 Å². The number of halogens is 1. The number of anilines is 1. The van der Waals surface area contributed by atoms with Gasteiger partial charge >= 0.3 is 5.97 Å². The number of carboxylic acids is 1. The topological polar surface area (TPSA) is 66.4 Å². The maximum absolute atomic E-state index is 12.0. The number of aliphatic carboxylic acids is 1. The van der Waals surface area contributed by atoms with Gasteiger partial charge in [-0.3, -0.25) is 9.59 Å². The first kappa shape index (κ1) is 14.1. The molecule has 0 spiro atoms. The lowest BCUT2D eigenvalue weighted by atomic mass is 10.1. The minimum Gasteiger partial charge on any atom is -0.481 e. The first-order valence-electron chi connectivity index (χ1n) is 5.93. The molecule has 0 radical (unpaired) electrons. The fraction of sp³-hybridized carbons (Fsp3) is 0.0667. The molecule has 102 valence electrons. The summed E-state index contributed by atoms with van der Waals surface area (Å²) in [6, 6.07) is 13.4. The molecule has 5 heteroatoms. The second-order valence-corrected chi connectivity index (χ2v) is 4.61. The maximum atomic E-state index is 12.0. The molecule has 4 nitrogen and oxygen atoms in total. The van der Waals surface area contributed by atoms with E-state index in [4.69, 9.17) is 16.7 Å². The smallest absolute Gasteiger partial charge is 0.307 e. The number of hydrogen-bond acceptors (Lipinski definition) is 2. The van der Waals surface area contributed by atoms with Crippen LogP contribution >= 0.6 is 11.6 Å². The van der Waals surface area contributed by atoms with E-state index in [0.29, 0.717) is 21.8 Å². The van der Waals surface area contributed by atoms with Gasteiger partial charge < -0.3 is 10.4 Å². The Labute approximate surface area is 121 Å². The van der Waals surface area contributed by atoms with E-state index in [0.717, 1.165) is 0 Å². The van der Waals surface area contributed by atoms with E-state index in [2.05, 4.69) is 5.32 Å². The number of amides is 1. The molecule has 1 amide bonds. The predicted molar refractivity (Wildman–Crippen MR) is 77.2 cm³/mol. The van der Waals surface area contributed by atoms with Crippen molar-refractivity contribution in [3.05, 3.63) is 64.7 Å². The lowest BCUT2D eigenvalue weighted by Gasteiger charge is -2.07. The van der Waals surface area contributed by atoms with Crippen LogP contribution in [-0.2, 0) is 11.2 Å². The Morgan fingerprint density at radius 3 is 2.30 bits per heavy atom. The molecule has 2 rings (SSSR count). The van der Waals surface area contributed by atoms with Gasteiger partial charge in [0.25, 0.3) is 5.91 Å². The molecular formula is C15H12ClNO3. The van der Waals surface area contributed by atoms with E-state index >= 15 is 0 Å². The summed E-state index contributed by atoms with van der Waals surface area (Å²) in [7, 11) is 0. The van der Waals surface area contributed by atoms with Crippen molar-refractivity contribution in [1.82, 2.24) is 0 Å². The fourth-order valence-corrected chi connectivity index (χ4v) is 1.95. The Bertz CT molecular complexity index is 638. The molecule has 0 aliphatic heterocycles. The molecule has 0 saturated heterocycles. The second-order valence-electron chi connectivity index (χ2n) is 4.20. The van der Waals surface area contributed by atoms with E-state index < -0.39 is 5.97 Å². The van der Waals surface area contributed by atoms with Gasteiger partial charge in [-0.15, -0.1) is 0 Å². The van der Waals surface area contributed by atoms with Crippen LogP contribution in [0, 0.1) is 0 Å². The zero-order valence-electron chi connectivity index (χ0n) is 10.5. The number of carbonyl (C=O) groups is 2. The quantitative estimate of drug-likeness (QED) is 0.908. The first-order valence-corrected chi connectivity index (χ1v) is 6.30. The number of carbonyl (C=O) groups excluding carboxylic acids is 1. The van der Waals surface area contributed by atoms with Gasteiger partial charge in [0, 0.05) is 5.69 Å². The minimum atomic E-state index is -0.891. The van der Waals surface area contributed by atoms with E-state index in [1.807, 2.05) is 0 Å². The zero-order chi connectivity index (χ0) is 14.5. The maximum Gasteiger partial charge on any atom is 0.307 e. The Hall–Kier alpha value is -2.33. The van der Waals surface area contributed by atoms with Gasteiger partial charge in [0.15, 0.2) is 0 Å². The van der Waals surface area contributed by atoms with Crippen molar-refractivity contribution in [1.29, 1.82) is 0 Å². The van der Waals surface area contributed by atoms with Crippen molar-refractivity contribution in [3.8, 4) is 0 Å². The summed E-state index contributed by atoms with van der Waals surface area (Å²) in [6.45, 7) is 0.